The predicted octanol–water partition coefficient (Wildman–Crippen LogP) is 3.14. The molecule has 1 unspecified atom stereocenters. The van der Waals surface area contributed by atoms with E-state index >= 15 is 0 Å². The molecule has 21 heavy (non-hydrogen) atoms. The van der Waals surface area contributed by atoms with Crippen LogP contribution < -0.4 is 10.5 Å². The minimum absolute atomic E-state index is 0.200. The average Bonchev–Trinajstić information content (AvgIpc) is 2.55. The minimum atomic E-state index is 0.200. The summed E-state index contributed by atoms with van der Waals surface area (Å²) >= 11 is 0. The Kier molecular flexibility index (Phi) is 4.42. The van der Waals surface area contributed by atoms with Gasteiger partial charge < -0.3 is 15.2 Å². The fourth-order valence-corrected chi connectivity index (χ4v) is 3.19. The van der Waals surface area contributed by atoms with E-state index in [9.17, 15) is 0 Å². The molecule has 2 aromatic carbocycles. The molecule has 0 saturated carbocycles. The third kappa shape index (κ3) is 3.20. The Morgan fingerprint density at radius 2 is 2.05 bits per heavy atom. The summed E-state index contributed by atoms with van der Waals surface area (Å²) in [6, 6.07) is 12.9. The first-order chi connectivity index (χ1) is 10.3. The van der Waals surface area contributed by atoms with Crippen LogP contribution in [0.15, 0.2) is 36.4 Å². The van der Waals surface area contributed by atoms with Gasteiger partial charge in [-0.2, -0.15) is 0 Å². The summed E-state index contributed by atoms with van der Waals surface area (Å²) < 4.78 is 10.8. The van der Waals surface area contributed by atoms with Gasteiger partial charge in [-0.3, -0.25) is 0 Å². The molecule has 1 heterocycles. The van der Waals surface area contributed by atoms with Crippen molar-refractivity contribution < 1.29 is 9.47 Å². The van der Waals surface area contributed by atoms with E-state index in [-0.39, 0.29) is 6.04 Å². The molecule has 3 rings (SSSR count). The summed E-state index contributed by atoms with van der Waals surface area (Å²) in [6.07, 6.45) is 3.07. The van der Waals surface area contributed by atoms with Crippen LogP contribution in [0.25, 0.3) is 10.8 Å². The molecule has 112 valence electrons. The van der Waals surface area contributed by atoms with Gasteiger partial charge in [0.1, 0.15) is 5.75 Å². The molecule has 2 N–H and O–H groups in total. The SMILES string of the molecule is COc1ccc2cccc(CC(N)C3CCOCC3)c2c1. The molecular weight excluding hydrogens is 262 g/mol. The zero-order valence-electron chi connectivity index (χ0n) is 12.5. The Morgan fingerprint density at radius 1 is 1.24 bits per heavy atom. The molecule has 0 spiro atoms. The van der Waals surface area contributed by atoms with Gasteiger partial charge in [0, 0.05) is 19.3 Å². The molecular formula is C18H23NO2. The summed E-state index contributed by atoms with van der Waals surface area (Å²) in [7, 11) is 1.71. The van der Waals surface area contributed by atoms with Crippen LogP contribution in [0, 0.1) is 5.92 Å². The maximum atomic E-state index is 6.46. The van der Waals surface area contributed by atoms with Crippen LogP contribution in [0.3, 0.4) is 0 Å². The number of nitrogens with two attached hydrogens (primary N) is 1. The molecule has 3 nitrogen and oxygen atoms in total. The predicted molar refractivity (Wildman–Crippen MR) is 85.7 cm³/mol. The molecule has 3 heteroatoms. The van der Waals surface area contributed by atoms with Gasteiger partial charge in [0.05, 0.1) is 7.11 Å². The molecule has 0 aromatic heterocycles. The topological polar surface area (TPSA) is 44.5 Å². The number of fused-ring (bicyclic) bond motifs is 1. The van der Waals surface area contributed by atoms with Crippen molar-refractivity contribution in [3.05, 3.63) is 42.0 Å². The maximum Gasteiger partial charge on any atom is 0.119 e. The smallest absolute Gasteiger partial charge is 0.119 e. The Balaban J connectivity index is 1.85. The molecule has 1 fully saturated rings. The largest absolute Gasteiger partial charge is 0.497 e. The first-order valence-corrected chi connectivity index (χ1v) is 7.67. The van der Waals surface area contributed by atoms with Crippen molar-refractivity contribution in [2.75, 3.05) is 20.3 Å². The van der Waals surface area contributed by atoms with Crippen LogP contribution in [0.2, 0.25) is 0 Å². The lowest BCUT2D eigenvalue weighted by molar-refractivity contribution is 0.0585. The monoisotopic (exact) mass is 285 g/mol. The molecule has 0 radical (unpaired) electrons. The standard InChI is InChI=1S/C18H23NO2/c1-20-16-6-5-13-3-2-4-15(17(13)12-16)11-18(19)14-7-9-21-10-8-14/h2-6,12,14,18H,7-11,19H2,1H3. The van der Waals surface area contributed by atoms with E-state index < -0.39 is 0 Å². The van der Waals surface area contributed by atoms with Gasteiger partial charge in [-0.05, 0) is 53.6 Å². The number of ether oxygens (including phenoxy) is 2. The third-order valence-corrected chi connectivity index (χ3v) is 4.51. The number of hydrogen-bond donors (Lipinski definition) is 1. The van der Waals surface area contributed by atoms with E-state index in [2.05, 4.69) is 30.3 Å². The molecule has 0 amide bonds. The first-order valence-electron chi connectivity index (χ1n) is 7.67. The van der Waals surface area contributed by atoms with Gasteiger partial charge in [0.25, 0.3) is 0 Å². The second-order valence-corrected chi connectivity index (χ2v) is 5.82. The number of hydrogen-bond acceptors (Lipinski definition) is 3. The van der Waals surface area contributed by atoms with Crippen molar-refractivity contribution >= 4 is 10.8 Å². The van der Waals surface area contributed by atoms with Gasteiger partial charge in [-0.25, -0.2) is 0 Å². The summed E-state index contributed by atoms with van der Waals surface area (Å²) in [5, 5.41) is 2.49. The third-order valence-electron chi connectivity index (χ3n) is 4.51. The van der Waals surface area contributed by atoms with Gasteiger partial charge in [-0.15, -0.1) is 0 Å². The molecule has 2 aromatic rings. The maximum absolute atomic E-state index is 6.46. The van der Waals surface area contributed by atoms with E-state index in [1.165, 1.54) is 16.3 Å². The van der Waals surface area contributed by atoms with Gasteiger partial charge in [0.15, 0.2) is 0 Å². The van der Waals surface area contributed by atoms with Crippen LogP contribution >= 0.6 is 0 Å². The van der Waals surface area contributed by atoms with Crippen LogP contribution in [0.1, 0.15) is 18.4 Å². The van der Waals surface area contributed by atoms with Crippen molar-refractivity contribution in [2.45, 2.75) is 25.3 Å². The zero-order chi connectivity index (χ0) is 14.7. The van der Waals surface area contributed by atoms with E-state index in [0.29, 0.717) is 5.92 Å². The van der Waals surface area contributed by atoms with Crippen LogP contribution in [-0.2, 0) is 11.2 Å². The van der Waals surface area contributed by atoms with Crippen molar-refractivity contribution in [1.82, 2.24) is 0 Å². The van der Waals surface area contributed by atoms with E-state index in [4.69, 9.17) is 15.2 Å². The summed E-state index contributed by atoms with van der Waals surface area (Å²) in [6.45, 7) is 1.70. The van der Waals surface area contributed by atoms with Crippen molar-refractivity contribution in [2.24, 2.45) is 11.7 Å². The minimum Gasteiger partial charge on any atom is -0.497 e. The van der Waals surface area contributed by atoms with Gasteiger partial charge in [0.2, 0.25) is 0 Å². The highest BCUT2D eigenvalue weighted by Crippen LogP contribution is 2.27. The molecule has 1 aliphatic rings. The highest BCUT2D eigenvalue weighted by molar-refractivity contribution is 5.87. The Bertz CT molecular complexity index is 605. The summed E-state index contributed by atoms with van der Waals surface area (Å²) in [4.78, 5) is 0. The fraction of sp³-hybridized carbons (Fsp3) is 0.444. The van der Waals surface area contributed by atoms with Crippen molar-refractivity contribution in [1.29, 1.82) is 0 Å². The lowest BCUT2D eigenvalue weighted by atomic mass is 9.87. The van der Waals surface area contributed by atoms with Crippen LogP contribution in [0.4, 0.5) is 0 Å². The quantitative estimate of drug-likeness (QED) is 0.938. The average molecular weight is 285 g/mol. The van der Waals surface area contributed by atoms with Crippen LogP contribution in [-0.4, -0.2) is 26.4 Å². The number of methoxy groups -OCH3 is 1. The Labute approximate surface area is 126 Å². The lowest BCUT2D eigenvalue weighted by Crippen LogP contribution is -2.36. The molecule has 1 aliphatic heterocycles. The zero-order valence-corrected chi connectivity index (χ0v) is 12.5. The highest BCUT2D eigenvalue weighted by atomic mass is 16.5. The lowest BCUT2D eigenvalue weighted by Gasteiger charge is -2.28. The van der Waals surface area contributed by atoms with Gasteiger partial charge in [-0.1, -0.05) is 24.3 Å². The second kappa shape index (κ2) is 6.46. The summed E-state index contributed by atoms with van der Waals surface area (Å²) in [5.74, 6) is 1.47. The Morgan fingerprint density at radius 3 is 2.81 bits per heavy atom. The van der Waals surface area contributed by atoms with Gasteiger partial charge >= 0.3 is 0 Å². The molecule has 1 saturated heterocycles. The number of rotatable bonds is 4. The van der Waals surface area contributed by atoms with Crippen molar-refractivity contribution in [3.63, 3.8) is 0 Å². The summed E-state index contributed by atoms with van der Waals surface area (Å²) in [5.41, 5.74) is 7.77. The van der Waals surface area contributed by atoms with E-state index in [1.54, 1.807) is 7.11 Å². The van der Waals surface area contributed by atoms with Crippen molar-refractivity contribution in [3.8, 4) is 5.75 Å². The first kappa shape index (κ1) is 14.4. The number of benzene rings is 2. The fourth-order valence-electron chi connectivity index (χ4n) is 3.19. The van der Waals surface area contributed by atoms with E-state index in [1.807, 2.05) is 6.07 Å². The molecule has 0 aliphatic carbocycles. The van der Waals surface area contributed by atoms with E-state index in [0.717, 1.165) is 38.2 Å². The van der Waals surface area contributed by atoms with Crippen LogP contribution in [0.5, 0.6) is 5.75 Å². The Hall–Kier alpha value is -1.58. The second-order valence-electron chi connectivity index (χ2n) is 5.82. The molecule has 0 bridgehead atoms. The highest BCUT2D eigenvalue weighted by Gasteiger charge is 2.21. The molecule has 1 atom stereocenters. The normalized spacial score (nSPS) is 17.8.